The van der Waals surface area contributed by atoms with Crippen LogP contribution in [0, 0.1) is 0 Å². The Bertz CT molecular complexity index is 606. The van der Waals surface area contributed by atoms with Crippen LogP contribution in [0.4, 0.5) is 0 Å². The molecule has 1 heterocycles. The molecule has 2 rings (SSSR count). The number of carbonyl (C=O) groups excluding carboxylic acids is 1. The van der Waals surface area contributed by atoms with Gasteiger partial charge in [-0.25, -0.2) is 0 Å². The van der Waals surface area contributed by atoms with E-state index in [4.69, 9.17) is 9.84 Å². The minimum Gasteiger partial charge on any atom is -0.481 e. The van der Waals surface area contributed by atoms with Crippen LogP contribution < -0.4 is 4.74 Å². The van der Waals surface area contributed by atoms with Crippen molar-refractivity contribution in [2.24, 2.45) is 0 Å². The molecule has 5 nitrogen and oxygen atoms in total. The number of ether oxygens (including phenoxy) is 1. The predicted molar refractivity (Wildman–Crippen MR) is 92.2 cm³/mol. The Hall–Kier alpha value is -2.04. The van der Waals surface area contributed by atoms with Crippen molar-refractivity contribution in [2.75, 3.05) is 6.54 Å². The van der Waals surface area contributed by atoms with Gasteiger partial charge in [0.15, 0.2) is 6.10 Å². The molecule has 132 valence electrons. The van der Waals surface area contributed by atoms with Gasteiger partial charge in [0.05, 0.1) is 6.42 Å². The van der Waals surface area contributed by atoms with Crippen molar-refractivity contribution in [3.05, 3.63) is 29.8 Å². The number of nitrogens with zero attached hydrogens (tertiary/aromatic N) is 1. The molecule has 0 aliphatic carbocycles. The van der Waals surface area contributed by atoms with Gasteiger partial charge >= 0.3 is 5.97 Å². The van der Waals surface area contributed by atoms with Crippen molar-refractivity contribution in [2.45, 2.75) is 64.5 Å². The summed E-state index contributed by atoms with van der Waals surface area (Å²) < 4.78 is 5.84. The van der Waals surface area contributed by atoms with E-state index in [2.05, 4.69) is 20.8 Å². The van der Waals surface area contributed by atoms with Crippen LogP contribution in [-0.4, -0.2) is 40.6 Å². The predicted octanol–water partition coefficient (Wildman–Crippen LogP) is 3.22. The van der Waals surface area contributed by atoms with Crippen LogP contribution >= 0.6 is 0 Å². The number of amides is 1. The lowest BCUT2D eigenvalue weighted by molar-refractivity contribution is -0.142. The fourth-order valence-corrected chi connectivity index (χ4v) is 3.06. The molecule has 1 amide bonds. The number of carboxylic acid groups (broad SMARTS) is 1. The van der Waals surface area contributed by atoms with E-state index in [1.54, 1.807) is 11.8 Å². The van der Waals surface area contributed by atoms with Crippen molar-refractivity contribution in [3.8, 4) is 5.75 Å². The van der Waals surface area contributed by atoms with Gasteiger partial charge < -0.3 is 14.7 Å². The van der Waals surface area contributed by atoms with Gasteiger partial charge in [-0.2, -0.15) is 0 Å². The summed E-state index contributed by atoms with van der Waals surface area (Å²) in [5, 5.41) is 8.98. The molecule has 1 saturated heterocycles. The summed E-state index contributed by atoms with van der Waals surface area (Å²) in [6.07, 6.45) is 0.952. The maximum Gasteiger partial charge on any atom is 0.305 e. The Morgan fingerprint density at radius 1 is 1.38 bits per heavy atom. The highest BCUT2D eigenvalue weighted by Crippen LogP contribution is 2.27. The monoisotopic (exact) mass is 333 g/mol. The Morgan fingerprint density at radius 2 is 2.08 bits per heavy atom. The SMILES string of the molecule is CC(Oc1cccc(C(C)(C)C)c1)C(=O)N1CCCC1CC(=O)O. The summed E-state index contributed by atoms with van der Waals surface area (Å²) in [6, 6.07) is 7.56. The van der Waals surface area contributed by atoms with E-state index >= 15 is 0 Å². The molecular weight excluding hydrogens is 306 g/mol. The number of aliphatic carboxylic acids is 1. The molecule has 1 N–H and O–H groups in total. The van der Waals surface area contributed by atoms with Crippen molar-refractivity contribution in [1.29, 1.82) is 0 Å². The lowest BCUT2D eigenvalue weighted by Gasteiger charge is -2.27. The molecule has 24 heavy (non-hydrogen) atoms. The Labute approximate surface area is 143 Å². The van der Waals surface area contributed by atoms with Crippen LogP contribution in [-0.2, 0) is 15.0 Å². The van der Waals surface area contributed by atoms with Gasteiger partial charge in [-0.05, 0) is 42.9 Å². The van der Waals surface area contributed by atoms with Crippen LogP contribution in [0.3, 0.4) is 0 Å². The molecule has 1 aliphatic heterocycles. The first-order valence-electron chi connectivity index (χ1n) is 8.48. The summed E-state index contributed by atoms with van der Waals surface area (Å²) in [5.74, 6) is -0.344. The lowest BCUT2D eigenvalue weighted by Crippen LogP contribution is -2.43. The summed E-state index contributed by atoms with van der Waals surface area (Å²) >= 11 is 0. The molecule has 1 aliphatic rings. The van der Waals surface area contributed by atoms with E-state index < -0.39 is 12.1 Å². The molecule has 2 unspecified atom stereocenters. The third-order valence-electron chi connectivity index (χ3n) is 4.43. The van der Waals surface area contributed by atoms with Crippen LogP contribution in [0.15, 0.2) is 24.3 Å². The van der Waals surface area contributed by atoms with Gasteiger partial charge in [0, 0.05) is 12.6 Å². The largest absolute Gasteiger partial charge is 0.481 e. The maximum absolute atomic E-state index is 12.6. The standard InChI is InChI=1S/C19H27NO4/c1-13(18(23)20-10-6-8-15(20)12-17(21)22)24-16-9-5-7-14(11-16)19(2,3)4/h5,7,9,11,13,15H,6,8,10,12H2,1-4H3,(H,21,22). The van der Waals surface area contributed by atoms with E-state index in [9.17, 15) is 9.59 Å². The highest BCUT2D eigenvalue weighted by molar-refractivity contribution is 5.82. The van der Waals surface area contributed by atoms with Gasteiger partial charge in [0.2, 0.25) is 0 Å². The van der Waals surface area contributed by atoms with Crippen molar-refractivity contribution in [3.63, 3.8) is 0 Å². The minimum absolute atomic E-state index is 0.00201. The Morgan fingerprint density at radius 3 is 2.71 bits per heavy atom. The van der Waals surface area contributed by atoms with E-state index in [1.165, 1.54) is 0 Å². The molecule has 5 heteroatoms. The van der Waals surface area contributed by atoms with Gasteiger partial charge in [-0.1, -0.05) is 32.9 Å². The van der Waals surface area contributed by atoms with Gasteiger partial charge in [-0.3, -0.25) is 9.59 Å². The number of hydrogen-bond acceptors (Lipinski definition) is 3. The molecule has 0 spiro atoms. The normalized spacial score (nSPS) is 19.2. The van der Waals surface area contributed by atoms with Crippen LogP contribution in [0.5, 0.6) is 5.75 Å². The number of benzene rings is 1. The number of carboxylic acids is 1. The zero-order valence-electron chi connectivity index (χ0n) is 14.9. The molecule has 0 radical (unpaired) electrons. The molecule has 1 aromatic rings. The van der Waals surface area contributed by atoms with Crippen molar-refractivity contribution < 1.29 is 19.4 Å². The molecule has 0 bridgehead atoms. The Kier molecular flexibility index (Phi) is 5.52. The minimum atomic E-state index is -0.869. The highest BCUT2D eigenvalue weighted by Gasteiger charge is 2.33. The van der Waals surface area contributed by atoms with E-state index in [0.717, 1.165) is 18.4 Å². The molecule has 0 aromatic heterocycles. The first-order chi connectivity index (χ1) is 11.2. The summed E-state index contributed by atoms with van der Waals surface area (Å²) in [6.45, 7) is 8.71. The maximum atomic E-state index is 12.6. The molecule has 0 saturated carbocycles. The fourth-order valence-electron chi connectivity index (χ4n) is 3.06. The second-order valence-corrected chi connectivity index (χ2v) is 7.46. The molecule has 1 aromatic carbocycles. The quantitative estimate of drug-likeness (QED) is 0.898. The van der Waals surface area contributed by atoms with Gasteiger partial charge in [0.1, 0.15) is 5.75 Å². The van der Waals surface area contributed by atoms with E-state index in [0.29, 0.717) is 12.3 Å². The molecular formula is C19H27NO4. The number of hydrogen-bond donors (Lipinski definition) is 1. The highest BCUT2D eigenvalue weighted by atomic mass is 16.5. The topological polar surface area (TPSA) is 66.8 Å². The van der Waals surface area contributed by atoms with Crippen molar-refractivity contribution >= 4 is 11.9 Å². The zero-order valence-corrected chi connectivity index (χ0v) is 14.9. The Balaban J connectivity index is 2.05. The number of carbonyl (C=O) groups is 2. The number of likely N-dealkylation sites (tertiary alicyclic amines) is 1. The summed E-state index contributed by atoms with van der Waals surface area (Å²) in [4.78, 5) is 25.2. The van der Waals surface area contributed by atoms with Gasteiger partial charge in [0.25, 0.3) is 5.91 Å². The first-order valence-corrected chi connectivity index (χ1v) is 8.48. The van der Waals surface area contributed by atoms with E-state index in [-0.39, 0.29) is 23.8 Å². The van der Waals surface area contributed by atoms with Crippen LogP contribution in [0.1, 0.15) is 52.5 Å². The fraction of sp³-hybridized carbons (Fsp3) is 0.579. The first kappa shape index (κ1) is 18.3. The van der Waals surface area contributed by atoms with Gasteiger partial charge in [-0.15, -0.1) is 0 Å². The third kappa shape index (κ3) is 4.49. The lowest BCUT2D eigenvalue weighted by atomic mass is 9.87. The van der Waals surface area contributed by atoms with Crippen LogP contribution in [0.25, 0.3) is 0 Å². The van der Waals surface area contributed by atoms with Crippen LogP contribution in [0.2, 0.25) is 0 Å². The average molecular weight is 333 g/mol. The third-order valence-corrected chi connectivity index (χ3v) is 4.43. The number of rotatable bonds is 5. The second-order valence-electron chi connectivity index (χ2n) is 7.46. The second kappa shape index (κ2) is 7.24. The molecule has 1 fully saturated rings. The average Bonchev–Trinajstić information content (AvgIpc) is 2.93. The van der Waals surface area contributed by atoms with E-state index in [1.807, 2.05) is 24.3 Å². The smallest absolute Gasteiger partial charge is 0.305 e. The van der Waals surface area contributed by atoms with Crippen molar-refractivity contribution in [1.82, 2.24) is 4.90 Å². The zero-order chi connectivity index (χ0) is 17.9. The molecule has 2 atom stereocenters. The summed E-state index contributed by atoms with van der Waals surface area (Å²) in [5.41, 5.74) is 1.15. The summed E-state index contributed by atoms with van der Waals surface area (Å²) in [7, 11) is 0.